The number of rotatable bonds is 7. The molecule has 0 fully saturated rings. The zero-order valence-corrected chi connectivity index (χ0v) is 12.5. The molecule has 19 heavy (non-hydrogen) atoms. The Kier molecular flexibility index (Phi) is 6.02. The molecular formula is C14H26N4O. The third-order valence-corrected chi connectivity index (χ3v) is 3.39. The molecule has 2 unspecified atom stereocenters. The number of hydrogen-bond acceptors (Lipinski definition) is 3. The van der Waals surface area contributed by atoms with Gasteiger partial charge in [0.15, 0.2) is 0 Å². The maximum atomic E-state index is 12.2. The van der Waals surface area contributed by atoms with Crippen LogP contribution in [0.2, 0.25) is 0 Å². The van der Waals surface area contributed by atoms with Crippen LogP contribution in [0.4, 0.5) is 0 Å². The summed E-state index contributed by atoms with van der Waals surface area (Å²) >= 11 is 0. The lowest BCUT2D eigenvalue weighted by molar-refractivity contribution is -0.134. The predicted molar refractivity (Wildman–Crippen MR) is 76.3 cm³/mol. The molecule has 5 nitrogen and oxygen atoms in total. The lowest BCUT2D eigenvalue weighted by atomic mass is 10.0. The maximum Gasteiger partial charge on any atom is 0.225 e. The fourth-order valence-corrected chi connectivity index (χ4v) is 2.08. The zero-order valence-electron chi connectivity index (χ0n) is 12.5. The standard InChI is InChI=1S/C14H26N4O/c1-11(6-5-7-12(2)15)14(19)18(4)10-13-16-8-9-17(13)3/h8-9,11-12H,5-7,10,15H2,1-4H3. The summed E-state index contributed by atoms with van der Waals surface area (Å²) in [7, 11) is 3.77. The van der Waals surface area contributed by atoms with Crippen LogP contribution in [-0.2, 0) is 18.4 Å². The fourth-order valence-electron chi connectivity index (χ4n) is 2.08. The van der Waals surface area contributed by atoms with E-state index in [4.69, 9.17) is 5.73 Å². The number of aryl methyl sites for hydroxylation is 1. The van der Waals surface area contributed by atoms with E-state index < -0.39 is 0 Å². The van der Waals surface area contributed by atoms with Crippen molar-refractivity contribution in [3.63, 3.8) is 0 Å². The molecule has 108 valence electrons. The van der Waals surface area contributed by atoms with E-state index in [-0.39, 0.29) is 17.9 Å². The van der Waals surface area contributed by atoms with Crippen LogP contribution >= 0.6 is 0 Å². The number of nitrogens with zero attached hydrogens (tertiary/aromatic N) is 3. The second-order valence-corrected chi connectivity index (χ2v) is 5.46. The summed E-state index contributed by atoms with van der Waals surface area (Å²) in [5.74, 6) is 1.12. The average molecular weight is 266 g/mol. The van der Waals surface area contributed by atoms with Crippen molar-refractivity contribution in [1.82, 2.24) is 14.5 Å². The monoisotopic (exact) mass is 266 g/mol. The molecule has 0 bridgehead atoms. The molecular weight excluding hydrogens is 240 g/mol. The van der Waals surface area contributed by atoms with Crippen molar-refractivity contribution in [2.75, 3.05) is 7.05 Å². The Hall–Kier alpha value is -1.36. The van der Waals surface area contributed by atoms with Gasteiger partial charge in [0.2, 0.25) is 5.91 Å². The van der Waals surface area contributed by atoms with Gasteiger partial charge in [-0.25, -0.2) is 4.98 Å². The Labute approximate surface area is 115 Å². The number of carbonyl (C=O) groups is 1. The van der Waals surface area contributed by atoms with E-state index in [0.29, 0.717) is 6.54 Å². The van der Waals surface area contributed by atoms with Crippen molar-refractivity contribution < 1.29 is 4.79 Å². The van der Waals surface area contributed by atoms with Crippen LogP contribution in [0.25, 0.3) is 0 Å². The fraction of sp³-hybridized carbons (Fsp3) is 0.714. The first kappa shape index (κ1) is 15.7. The van der Waals surface area contributed by atoms with Gasteiger partial charge in [0.25, 0.3) is 0 Å². The van der Waals surface area contributed by atoms with E-state index in [2.05, 4.69) is 4.98 Å². The molecule has 1 aromatic rings. The SMILES string of the molecule is CC(N)CCCC(C)C(=O)N(C)Cc1nccn1C. The third kappa shape index (κ3) is 5.03. The van der Waals surface area contributed by atoms with Gasteiger partial charge in [-0.1, -0.05) is 13.3 Å². The molecule has 0 radical (unpaired) electrons. The van der Waals surface area contributed by atoms with Gasteiger partial charge in [-0.2, -0.15) is 0 Å². The smallest absolute Gasteiger partial charge is 0.225 e. The summed E-state index contributed by atoms with van der Waals surface area (Å²) in [6.07, 6.45) is 6.51. The summed E-state index contributed by atoms with van der Waals surface area (Å²) in [6.45, 7) is 4.54. The van der Waals surface area contributed by atoms with Crippen molar-refractivity contribution in [2.24, 2.45) is 18.7 Å². The minimum atomic E-state index is 0.0454. The second-order valence-electron chi connectivity index (χ2n) is 5.46. The minimum Gasteiger partial charge on any atom is -0.338 e. The molecule has 0 spiro atoms. The van der Waals surface area contributed by atoms with Crippen molar-refractivity contribution in [3.8, 4) is 0 Å². The zero-order chi connectivity index (χ0) is 14.4. The Balaban J connectivity index is 2.41. The number of amides is 1. The Bertz CT molecular complexity index is 400. The molecule has 0 saturated carbocycles. The lowest BCUT2D eigenvalue weighted by Crippen LogP contribution is -2.32. The highest BCUT2D eigenvalue weighted by molar-refractivity contribution is 5.78. The normalized spacial score (nSPS) is 14.2. The van der Waals surface area contributed by atoms with Crippen LogP contribution < -0.4 is 5.73 Å². The molecule has 1 heterocycles. The summed E-state index contributed by atoms with van der Waals surface area (Å²) in [5.41, 5.74) is 5.72. The van der Waals surface area contributed by atoms with E-state index in [0.717, 1.165) is 25.1 Å². The molecule has 0 aliphatic rings. The molecule has 1 aromatic heterocycles. The van der Waals surface area contributed by atoms with Crippen LogP contribution in [0, 0.1) is 5.92 Å². The highest BCUT2D eigenvalue weighted by Crippen LogP contribution is 2.13. The van der Waals surface area contributed by atoms with Crippen molar-refractivity contribution >= 4 is 5.91 Å². The second kappa shape index (κ2) is 7.28. The van der Waals surface area contributed by atoms with Gasteiger partial charge in [-0.15, -0.1) is 0 Å². The molecule has 2 N–H and O–H groups in total. The van der Waals surface area contributed by atoms with E-state index in [9.17, 15) is 4.79 Å². The number of hydrogen-bond donors (Lipinski definition) is 1. The predicted octanol–water partition coefficient (Wildman–Crippen LogP) is 1.53. The number of carbonyl (C=O) groups excluding carboxylic acids is 1. The first-order valence-electron chi connectivity index (χ1n) is 6.88. The van der Waals surface area contributed by atoms with Gasteiger partial charge in [-0.05, 0) is 19.8 Å². The van der Waals surface area contributed by atoms with Crippen LogP contribution in [0.3, 0.4) is 0 Å². The first-order valence-corrected chi connectivity index (χ1v) is 6.88. The Morgan fingerprint density at radius 1 is 1.47 bits per heavy atom. The molecule has 0 aromatic carbocycles. The van der Waals surface area contributed by atoms with Gasteiger partial charge < -0.3 is 15.2 Å². The molecule has 0 saturated heterocycles. The van der Waals surface area contributed by atoms with Crippen LogP contribution in [-0.4, -0.2) is 33.4 Å². The highest BCUT2D eigenvalue weighted by Gasteiger charge is 2.18. The summed E-state index contributed by atoms with van der Waals surface area (Å²) in [5, 5.41) is 0. The van der Waals surface area contributed by atoms with Gasteiger partial charge in [0.05, 0.1) is 6.54 Å². The number of nitrogens with two attached hydrogens (primary N) is 1. The summed E-state index contributed by atoms with van der Waals surface area (Å²) in [4.78, 5) is 18.2. The first-order chi connectivity index (χ1) is 8.91. The molecule has 2 atom stereocenters. The topological polar surface area (TPSA) is 64.2 Å². The summed E-state index contributed by atoms with van der Waals surface area (Å²) in [6, 6.07) is 0.215. The third-order valence-electron chi connectivity index (χ3n) is 3.39. The van der Waals surface area contributed by atoms with Gasteiger partial charge >= 0.3 is 0 Å². The number of imidazole rings is 1. The van der Waals surface area contributed by atoms with Gasteiger partial charge in [0, 0.05) is 38.4 Å². The summed E-state index contributed by atoms with van der Waals surface area (Å²) < 4.78 is 1.94. The van der Waals surface area contributed by atoms with E-state index in [1.54, 1.807) is 11.1 Å². The van der Waals surface area contributed by atoms with Crippen LogP contribution in [0.5, 0.6) is 0 Å². The van der Waals surface area contributed by atoms with E-state index in [1.807, 2.05) is 38.7 Å². The Morgan fingerprint density at radius 3 is 2.68 bits per heavy atom. The van der Waals surface area contributed by atoms with E-state index in [1.165, 1.54) is 0 Å². The quantitative estimate of drug-likeness (QED) is 0.814. The van der Waals surface area contributed by atoms with Gasteiger partial charge in [0.1, 0.15) is 5.82 Å². The van der Waals surface area contributed by atoms with Crippen LogP contribution in [0.1, 0.15) is 38.9 Å². The molecule has 0 aliphatic heterocycles. The molecule has 0 aliphatic carbocycles. The van der Waals surface area contributed by atoms with Gasteiger partial charge in [-0.3, -0.25) is 4.79 Å². The van der Waals surface area contributed by atoms with Crippen LogP contribution in [0.15, 0.2) is 12.4 Å². The Morgan fingerprint density at radius 2 is 2.16 bits per heavy atom. The molecule has 5 heteroatoms. The average Bonchev–Trinajstić information content (AvgIpc) is 2.73. The lowest BCUT2D eigenvalue weighted by Gasteiger charge is -2.21. The van der Waals surface area contributed by atoms with Crippen molar-refractivity contribution in [2.45, 2.75) is 45.7 Å². The van der Waals surface area contributed by atoms with E-state index >= 15 is 0 Å². The minimum absolute atomic E-state index is 0.0454. The number of aromatic nitrogens is 2. The van der Waals surface area contributed by atoms with Crippen molar-refractivity contribution in [3.05, 3.63) is 18.2 Å². The largest absolute Gasteiger partial charge is 0.338 e. The highest BCUT2D eigenvalue weighted by atomic mass is 16.2. The molecule has 1 amide bonds. The maximum absolute atomic E-state index is 12.2. The van der Waals surface area contributed by atoms with Crippen molar-refractivity contribution in [1.29, 1.82) is 0 Å². The molecule has 1 rings (SSSR count).